The van der Waals surface area contributed by atoms with Crippen molar-refractivity contribution in [2.45, 2.75) is 37.9 Å². The molecule has 2 aromatic carbocycles. The number of hydrogen-bond acceptors (Lipinski definition) is 8. The standard InChI is InChI=1S/C33H33FN4O6/c1-19(39)16-43-26-11-8-21(13-24(26)22-5-4-12-36-15-22)30(40)37-17-33(3,42)27-14-25-29(44-18-32(25,2)31(35)41)28(38-27)20-6-9-23(34)10-7-20/h4-15,19,39,42H,16-18H2,1-3H3,(H2,35,41)(H,37,40)/t19-,32+,33+/m1/s1. The first-order chi connectivity index (χ1) is 20.9. The van der Waals surface area contributed by atoms with Gasteiger partial charge >= 0.3 is 0 Å². The number of nitrogens with one attached hydrogen (secondary N) is 1. The SMILES string of the molecule is C[C@@H](O)COc1ccc(C(=O)NC[C@](C)(O)c2cc3c(c(-c4ccc(F)cc4)n2)OC[C@]3(C)C(N)=O)cc1-c1cccnc1. The molecule has 44 heavy (non-hydrogen) atoms. The van der Waals surface area contributed by atoms with Gasteiger partial charge in [-0.25, -0.2) is 9.37 Å². The Labute approximate surface area is 253 Å². The van der Waals surface area contributed by atoms with Gasteiger partial charge in [-0.2, -0.15) is 0 Å². The van der Waals surface area contributed by atoms with Gasteiger partial charge in [0.15, 0.2) is 0 Å². The Morgan fingerprint density at radius 2 is 1.93 bits per heavy atom. The summed E-state index contributed by atoms with van der Waals surface area (Å²) < 4.78 is 25.3. The van der Waals surface area contributed by atoms with Crippen molar-refractivity contribution in [2.75, 3.05) is 19.8 Å². The predicted molar refractivity (Wildman–Crippen MR) is 160 cm³/mol. The first-order valence-corrected chi connectivity index (χ1v) is 14.0. The molecule has 2 amide bonds. The van der Waals surface area contributed by atoms with Crippen LogP contribution in [-0.4, -0.2) is 57.9 Å². The number of primary amides is 1. The van der Waals surface area contributed by atoms with Gasteiger partial charge in [0.25, 0.3) is 5.91 Å². The molecule has 10 nitrogen and oxygen atoms in total. The molecule has 5 N–H and O–H groups in total. The first-order valence-electron chi connectivity index (χ1n) is 14.0. The molecule has 1 aliphatic rings. The largest absolute Gasteiger partial charge is 0.490 e. The number of nitrogens with zero attached hydrogens (tertiary/aromatic N) is 2. The Bertz CT molecular complexity index is 1700. The van der Waals surface area contributed by atoms with E-state index in [9.17, 15) is 24.2 Å². The van der Waals surface area contributed by atoms with Crippen molar-refractivity contribution < 1.29 is 33.7 Å². The topological polar surface area (TPSA) is 157 Å². The highest BCUT2D eigenvalue weighted by Crippen LogP contribution is 2.45. The Kier molecular flexibility index (Phi) is 8.36. The van der Waals surface area contributed by atoms with E-state index in [2.05, 4.69) is 15.3 Å². The highest BCUT2D eigenvalue weighted by atomic mass is 19.1. The fourth-order valence-electron chi connectivity index (χ4n) is 4.87. The molecule has 0 spiro atoms. The molecule has 0 bridgehead atoms. The van der Waals surface area contributed by atoms with Crippen molar-refractivity contribution >= 4 is 11.8 Å². The summed E-state index contributed by atoms with van der Waals surface area (Å²) in [4.78, 5) is 34.6. The van der Waals surface area contributed by atoms with Gasteiger partial charge in [0.05, 0.1) is 18.3 Å². The summed E-state index contributed by atoms with van der Waals surface area (Å²) in [6.07, 6.45) is 2.58. The van der Waals surface area contributed by atoms with Gasteiger partial charge in [-0.15, -0.1) is 0 Å². The number of carbonyl (C=O) groups is 2. The first kappa shape index (κ1) is 30.6. The fourth-order valence-corrected chi connectivity index (χ4v) is 4.87. The van der Waals surface area contributed by atoms with Gasteiger partial charge in [0.1, 0.15) is 47.2 Å². The van der Waals surface area contributed by atoms with Gasteiger partial charge in [-0.3, -0.25) is 14.6 Å². The number of amides is 2. The van der Waals surface area contributed by atoms with Crippen LogP contribution in [0.15, 0.2) is 73.1 Å². The molecule has 228 valence electrons. The number of halogens is 1. The van der Waals surface area contributed by atoms with Crippen molar-refractivity contribution in [1.82, 2.24) is 15.3 Å². The van der Waals surface area contributed by atoms with E-state index in [4.69, 9.17) is 15.2 Å². The molecule has 1 aliphatic heterocycles. The second-order valence-electron chi connectivity index (χ2n) is 11.3. The number of rotatable bonds is 10. The summed E-state index contributed by atoms with van der Waals surface area (Å²) in [5, 5.41) is 24.0. The molecule has 0 saturated carbocycles. The molecule has 2 aromatic heterocycles. The summed E-state index contributed by atoms with van der Waals surface area (Å²) in [6.45, 7) is 4.54. The van der Waals surface area contributed by atoms with Gasteiger partial charge in [0.2, 0.25) is 5.91 Å². The molecule has 3 atom stereocenters. The molecular weight excluding hydrogens is 567 g/mol. The molecule has 4 aromatic rings. The second kappa shape index (κ2) is 12.0. The summed E-state index contributed by atoms with van der Waals surface area (Å²) in [7, 11) is 0. The number of nitrogens with two attached hydrogens (primary N) is 1. The van der Waals surface area contributed by atoms with Crippen LogP contribution in [-0.2, 0) is 15.8 Å². The summed E-state index contributed by atoms with van der Waals surface area (Å²) in [5.74, 6) is -0.729. The van der Waals surface area contributed by atoms with E-state index in [1.807, 2.05) is 6.07 Å². The lowest BCUT2D eigenvalue weighted by atomic mass is 9.82. The van der Waals surface area contributed by atoms with Crippen LogP contribution < -0.4 is 20.5 Å². The third kappa shape index (κ3) is 6.10. The predicted octanol–water partition coefficient (Wildman–Crippen LogP) is 3.48. The van der Waals surface area contributed by atoms with E-state index in [1.54, 1.807) is 56.6 Å². The fraction of sp³-hybridized carbons (Fsp3) is 0.273. The Morgan fingerprint density at radius 1 is 1.18 bits per heavy atom. The maximum atomic E-state index is 13.7. The minimum atomic E-state index is -1.70. The molecule has 0 radical (unpaired) electrons. The number of fused-ring (bicyclic) bond motifs is 1. The van der Waals surface area contributed by atoms with E-state index >= 15 is 0 Å². The highest BCUT2D eigenvalue weighted by Gasteiger charge is 2.45. The molecule has 0 fully saturated rings. The lowest BCUT2D eigenvalue weighted by Crippen LogP contribution is -2.41. The van der Waals surface area contributed by atoms with Crippen molar-refractivity contribution in [3.63, 3.8) is 0 Å². The quantitative estimate of drug-likeness (QED) is 0.216. The van der Waals surface area contributed by atoms with Crippen LogP contribution in [0.3, 0.4) is 0 Å². The van der Waals surface area contributed by atoms with Gasteiger partial charge in [-0.05, 0) is 75.4 Å². The normalized spacial score (nSPS) is 17.6. The molecular formula is C33H33FN4O6. The number of aromatic nitrogens is 2. The monoisotopic (exact) mass is 600 g/mol. The number of carbonyl (C=O) groups excluding carboxylic acids is 2. The van der Waals surface area contributed by atoms with Crippen LogP contribution in [0.5, 0.6) is 11.5 Å². The summed E-state index contributed by atoms with van der Waals surface area (Å²) in [5.41, 5.74) is 5.88. The van der Waals surface area contributed by atoms with Crippen LogP contribution in [0.2, 0.25) is 0 Å². The van der Waals surface area contributed by atoms with E-state index in [0.717, 1.165) is 0 Å². The smallest absolute Gasteiger partial charge is 0.251 e. The van der Waals surface area contributed by atoms with Crippen LogP contribution in [0, 0.1) is 5.82 Å². The highest BCUT2D eigenvalue weighted by molar-refractivity contribution is 5.96. The zero-order valence-electron chi connectivity index (χ0n) is 24.5. The summed E-state index contributed by atoms with van der Waals surface area (Å²) in [6, 6.07) is 15.6. The van der Waals surface area contributed by atoms with E-state index < -0.39 is 34.8 Å². The van der Waals surface area contributed by atoms with E-state index in [1.165, 1.54) is 31.2 Å². The van der Waals surface area contributed by atoms with E-state index in [0.29, 0.717) is 45.0 Å². The number of aliphatic hydroxyl groups is 2. The average Bonchev–Trinajstić information content (AvgIpc) is 3.37. The van der Waals surface area contributed by atoms with Crippen LogP contribution in [0.1, 0.15) is 42.4 Å². The molecule has 3 heterocycles. The van der Waals surface area contributed by atoms with Crippen LogP contribution in [0.25, 0.3) is 22.4 Å². The molecule has 11 heteroatoms. The Hall–Kier alpha value is -4.87. The number of benzene rings is 2. The number of pyridine rings is 2. The molecule has 0 unspecified atom stereocenters. The van der Waals surface area contributed by atoms with Crippen molar-refractivity contribution in [3.05, 3.63) is 95.7 Å². The summed E-state index contributed by atoms with van der Waals surface area (Å²) >= 11 is 0. The number of ether oxygens (including phenoxy) is 2. The van der Waals surface area contributed by atoms with Gasteiger partial charge in [0, 0.05) is 40.2 Å². The van der Waals surface area contributed by atoms with Crippen molar-refractivity contribution in [2.24, 2.45) is 5.73 Å². The third-order valence-electron chi connectivity index (χ3n) is 7.57. The maximum Gasteiger partial charge on any atom is 0.251 e. The maximum absolute atomic E-state index is 13.7. The minimum Gasteiger partial charge on any atom is -0.490 e. The lowest BCUT2D eigenvalue weighted by Gasteiger charge is -2.26. The second-order valence-corrected chi connectivity index (χ2v) is 11.3. The number of aliphatic hydroxyl groups excluding tert-OH is 1. The van der Waals surface area contributed by atoms with Crippen molar-refractivity contribution in [3.8, 4) is 33.9 Å². The van der Waals surface area contributed by atoms with Crippen molar-refractivity contribution in [1.29, 1.82) is 0 Å². The minimum absolute atomic E-state index is 0.0218. The van der Waals surface area contributed by atoms with Crippen LogP contribution >= 0.6 is 0 Å². The molecule has 0 aliphatic carbocycles. The average molecular weight is 601 g/mol. The van der Waals surface area contributed by atoms with Gasteiger partial charge < -0.3 is 30.7 Å². The Balaban J connectivity index is 1.45. The lowest BCUT2D eigenvalue weighted by molar-refractivity contribution is -0.123. The van der Waals surface area contributed by atoms with Gasteiger partial charge in [-0.1, -0.05) is 6.07 Å². The number of hydrogen-bond donors (Lipinski definition) is 4. The third-order valence-corrected chi connectivity index (χ3v) is 7.57. The van der Waals surface area contributed by atoms with Crippen LogP contribution in [0.4, 0.5) is 4.39 Å². The molecule has 5 rings (SSSR count). The zero-order chi connectivity index (χ0) is 31.6. The zero-order valence-corrected chi connectivity index (χ0v) is 24.5. The van der Waals surface area contributed by atoms with E-state index in [-0.39, 0.29) is 25.5 Å². The molecule has 0 saturated heterocycles. The Morgan fingerprint density at radius 3 is 2.59 bits per heavy atom.